The van der Waals surface area contributed by atoms with Gasteiger partial charge in [-0.2, -0.15) is 5.10 Å². The minimum absolute atomic E-state index is 0.493. The average molecular weight is 198 g/mol. The zero-order valence-corrected chi connectivity index (χ0v) is 7.56. The third-order valence-electron chi connectivity index (χ3n) is 1.31. The summed E-state index contributed by atoms with van der Waals surface area (Å²) in [5, 5.41) is 5.47. The van der Waals surface area contributed by atoms with Crippen molar-refractivity contribution < 1.29 is 4.84 Å². The number of rotatable bonds is 4. The number of nitrogens with zero attached hydrogens (tertiary/aromatic N) is 2. The van der Waals surface area contributed by atoms with Crippen LogP contribution in [0.4, 0.5) is 0 Å². The molecule has 0 bridgehead atoms. The molecule has 0 spiro atoms. The van der Waals surface area contributed by atoms with Crippen LogP contribution in [0.1, 0.15) is 6.92 Å². The first kappa shape index (κ1) is 10.2. The maximum atomic E-state index is 11.1. The number of H-pyrrole nitrogens is 1. The Hall–Kier alpha value is -1.89. The Labute approximate surface area is 79.0 Å². The summed E-state index contributed by atoms with van der Waals surface area (Å²) in [5.74, 6) is 0. The SMILES string of the molecule is CCON/C=C/n1cn[nH]c(=O)c1=O. The fourth-order valence-electron chi connectivity index (χ4n) is 0.716. The molecule has 0 aliphatic heterocycles. The van der Waals surface area contributed by atoms with Gasteiger partial charge in [0.05, 0.1) is 6.61 Å². The minimum Gasteiger partial charge on any atom is -0.277 e. The molecule has 0 aliphatic carbocycles. The van der Waals surface area contributed by atoms with Crippen LogP contribution >= 0.6 is 0 Å². The van der Waals surface area contributed by atoms with Crippen LogP contribution in [0.2, 0.25) is 0 Å². The fraction of sp³-hybridized carbons (Fsp3) is 0.286. The summed E-state index contributed by atoms with van der Waals surface area (Å²) in [6.45, 7) is 2.30. The van der Waals surface area contributed by atoms with Crippen molar-refractivity contribution >= 4 is 6.20 Å². The highest BCUT2D eigenvalue weighted by Crippen LogP contribution is 1.74. The van der Waals surface area contributed by atoms with E-state index in [1.165, 1.54) is 18.7 Å². The first-order valence-corrected chi connectivity index (χ1v) is 3.95. The van der Waals surface area contributed by atoms with Gasteiger partial charge in [0.2, 0.25) is 0 Å². The van der Waals surface area contributed by atoms with Crippen LogP contribution in [0.3, 0.4) is 0 Å². The van der Waals surface area contributed by atoms with Crippen molar-refractivity contribution in [3.63, 3.8) is 0 Å². The molecular weight excluding hydrogens is 188 g/mol. The van der Waals surface area contributed by atoms with Crippen LogP contribution < -0.4 is 16.6 Å². The summed E-state index contributed by atoms with van der Waals surface area (Å²) in [6, 6.07) is 0. The van der Waals surface area contributed by atoms with Crippen molar-refractivity contribution in [3.8, 4) is 0 Å². The molecule has 1 heterocycles. The highest BCUT2D eigenvalue weighted by molar-refractivity contribution is 5.18. The van der Waals surface area contributed by atoms with Crippen LogP contribution in [0.5, 0.6) is 0 Å². The molecular formula is C7H10N4O3. The van der Waals surface area contributed by atoms with Gasteiger partial charge in [-0.15, -0.1) is 0 Å². The molecule has 0 aliphatic rings. The van der Waals surface area contributed by atoms with Crippen molar-refractivity contribution in [2.45, 2.75) is 6.92 Å². The van der Waals surface area contributed by atoms with Crippen LogP contribution in [-0.2, 0) is 4.84 Å². The Balaban J connectivity index is 2.77. The van der Waals surface area contributed by atoms with E-state index in [1.807, 2.05) is 12.0 Å². The largest absolute Gasteiger partial charge is 0.330 e. The van der Waals surface area contributed by atoms with Crippen molar-refractivity contribution in [2.24, 2.45) is 0 Å². The quantitative estimate of drug-likeness (QED) is 0.364. The summed E-state index contributed by atoms with van der Waals surface area (Å²) in [7, 11) is 0. The standard InChI is InChI=1S/C7H10N4O3/c1-2-14-9-3-4-11-5-8-10-6(12)7(11)13/h3-5,9H,2H2,1H3,(H,10,12)/b4-3+. The molecule has 14 heavy (non-hydrogen) atoms. The van der Waals surface area contributed by atoms with E-state index < -0.39 is 11.1 Å². The zero-order valence-electron chi connectivity index (χ0n) is 7.56. The first-order valence-electron chi connectivity index (χ1n) is 3.95. The van der Waals surface area contributed by atoms with E-state index in [9.17, 15) is 9.59 Å². The van der Waals surface area contributed by atoms with Gasteiger partial charge < -0.3 is 0 Å². The second-order valence-electron chi connectivity index (χ2n) is 2.26. The summed E-state index contributed by atoms with van der Waals surface area (Å²) >= 11 is 0. The van der Waals surface area contributed by atoms with Gasteiger partial charge in [0.1, 0.15) is 6.33 Å². The van der Waals surface area contributed by atoms with E-state index in [0.29, 0.717) is 6.61 Å². The number of nitrogens with one attached hydrogen (secondary N) is 2. The smallest absolute Gasteiger partial charge is 0.277 e. The molecule has 1 aromatic rings. The number of hydrogen-bond acceptors (Lipinski definition) is 5. The number of hydroxylamine groups is 1. The normalized spacial score (nSPS) is 10.6. The number of aromatic amines is 1. The predicted octanol–water partition coefficient (Wildman–Crippen LogP) is -1.10. The van der Waals surface area contributed by atoms with E-state index in [0.717, 1.165) is 4.57 Å². The molecule has 0 radical (unpaired) electrons. The van der Waals surface area contributed by atoms with Gasteiger partial charge in [0, 0.05) is 12.4 Å². The maximum Gasteiger partial charge on any atom is 0.330 e. The van der Waals surface area contributed by atoms with Crippen LogP contribution in [0.15, 0.2) is 22.1 Å². The molecule has 7 heteroatoms. The van der Waals surface area contributed by atoms with Gasteiger partial charge in [-0.05, 0) is 6.92 Å². The molecule has 0 fully saturated rings. The molecule has 1 aromatic heterocycles. The Bertz CT molecular complexity index is 419. The van der Waals surface area contributed by atoms with Gasteiger partial charge in [-0.1, -0.05) is 0 Å². The summed E-state index contributed by atoms with van der Waals surface area (Å²) in [6.07, 6.45) is 3.90. The first-order chi connectivity index (χ1) is 6.75. The van der Waals surface area contributed by atoms with Crippen molar-refractivity contribution in [2.75, 3.05) is 6.61 Å². The lowest BCUT2D eigenvalue weighted by Gasteiger charge is -1.97. The lowest BCUT2D eigenvalue weighted by atomic mass is 10.7. The maximum absolute atomic E-state index is 11.1. The molecule has 7 nitrogen and oxygen atoms in total. The molecule has 0 aromatic carbocycles. The lowest BCUT2D eigenvalue weighted by Crippen LogP contribution is -2.34. The summed E-state index contributed by atoms with van der Waals surface area (Å²) in [4.78, 5) is 26.7. The number of hydrogen-bond donors (Lipinski definition) is 2. The van der Waals surface area contributed by atoms with Gasteiger partial charge in [0.15, 0.2) is 0 Å². The van der Waals surface area contributed by atoms with E-state index in [-0.39, 0.29) is 0 Å². The monoisotopic (exact) mass is 198 g/mol. The molecule has 76 valence electrons. The second kappa shape index (κ2) is 4.97. The van der Waals surface area contributed by atoms with Gasteiger partial charge in [-0.3, -0.25) is 24.5 Å². The van der Waals surface area contributed by atoms with Crippen molar-refractivity contribution in [1.82, 2.24) is 20.2 Å². The Morgan fingerprint density at radius 3 is 3.21 bits per heavy atom. The summed E-state index contributed by atoms with van der Waals surface area (Å²) in [5.41, 5.74) is 0.981. The molecule has 0 atom stereocenters. The Morgan fingerprint density at radius 1 is 1.71 bits per heavy atom. The molecule has 2 N–H and O–H groups in total. The molecule has 0 saturated heterocycles. The highest BCUT2D eigenvalue weighted by atomic mass is 16.6. The van der Waals surface area contributed by atoms with Crippen molar-refractivity contribution in [1.29, 1.82) is 0 Å². The van der Waals surface area contributed by atoms with Gasteiger partial charge in [0.25, 0.3) is 0 Å². The second-order valence-corrected chi connectivity index (χ2v) is 2.26. The lowest BCUT2D eigenvalue weighted by molar-refractivity contribution is 0.0830. The van der Waals surface area contributed by atoms with Gasteiger partial charge >= 0.3 is 11.1 Å². The Kier molecular flexibility index (Phi) is 3.62. The van der Waals surface area contributed by atoms with Crippen LogP contribution in [0.25, 0.3) is 6.20 Å². The predicted molar refractivity (Wildman–Crippen MR) is 49.2 cm³/mol. The third kappa shape index (κ3) is 2.56. The molecule has 1 rings (SSSR count). The van der Waals surface area contributed by atoms with Crippen LogP contribution in [-0.4, -0.2) is 21.4 Å². The molecule has 0 amide bonds. The number of aromatic nitrogens is 3. The third-order valence-corrected chi connectivity index (χ3v) is 1.31. The van der Waals surface area contributed by atoms with E-state index in [1.54, 1.807) is 0 Å². The Morgan fingerprint density at radius 2 is 2.50 bits per heavy atom. The van der Waals surface area contributed by atoms with E-state index in [2.05, 4.69) is 10.6 Å². The van der Waals surface area contributed by atoms with Crippen molar-refractivity contribution in [3.05, 3.63) is 33.2 Å². The molecule has 0 unspecified atom stereocenters. The minimum atomic E-state index is -0.770. The zero-order chi connectivity index (χ0) is 10.4. The van der Waals surface area contributed by atoms with Crippen LogP contribution in [0, 0.1) is 0 Å². The highest BCUT2D eigenvalue weighted by Gasteiger charge is 1.94. The topological polar surface area (TPSA) is 89.0 Å². The average Bonchev–Trinajstić information content (AvgIpc) is 2.19. The fourth-order valence-corrected chi connectivity index (χ4v) is 0.716. The van der Waals surface area contributed by atoms with Gasteiger partial charge in [-0.25, -0.2) is 5.10 Å². The molecule has 0 saturated carbocycles. The van der Waals surface area contributed by atoms with E-state index >= 15 is 0 Å². The summed E-state index contributed by atoms with van der Waals surface area (Å²) < 4.78 is 1.03. The van der Waals surface area contributed by atoms with E-state index in [4.69, 9.17) is 4.84 Å².